The van der Waals surface area contributed by atoms with Crippen molar-refractivity contribution < 1.29 is 4.79 Å². The van der Waals surface area contributed by atoms with Crippen molar-refractivity contribution in [3.05, 3.63) is 30.0 Å². The van der Waals surface area contributed by atoms with E-state index in [0.717, 1.165) is 23.9 Å². The van der Waals surface area contributed by atoms with Gasteiger partial charge in [0, 0.05) is 35.4 Å². The highest BCUT2D eigenvalue weighted by atomic mass is 16.1. The van der Waals surface area contributed by atoms with E-state index in [-0.39, 0.29) is 5.91 Å². The molecule has 4 N–H and O–H groups in total. The predicted molar refractivity (Wildman–Crippen MR) is 80.7 cm³/mol. The van der Waals surface area contributed by atoms with Crippen LogP contribution in [0.3, 0.4) is 0 Å². The van der Waals surface area contributed by atoms with Gasteiger partial charge in [-0.15, -0.1) is 0 Å². The number of nitrogens with one attached hydrogen (secondary N) is 2. The zero-order valence-corrected chi connectivity index (χ0v) is 11.6. The summed E-state index contributed by atoms with van der Waals surface area (Å²) in [6.45, 7) is 1.81. The monoisotopic (exact) mass is 272 g/mol. The molecule has 1 atom stereocenters. The fraction of sp³-hybridized carbons (Fsp3) is 0.400. The SMILES string of the molecule is CN1CCCC1CNC(=O)c1c[nH]c2ccc(N)cc12. The van der Waals surface area contributed by atoms with Gasteiger partial charge in [0.1, 0.15) is 0 Å². The first-order valence-electron chi connectivity index (χ1n) is 7.00. The molecule has 0 spiro atoms. The third-order valence-electron chi connectivity index (χ3n) is 4.12. The lowest BCUT2D eigenvalue weighted by Gasteiger charge is -2.19. The van der Waals surface area contributed by atoms with Crippen LogP contribution in [-0.2, 0) is 0 Å². The Morgan fingerprint density at radius 3 is 3.15 bits per heavy atom. The standard InChI is InChI=1S/C15H20N4O/c1-19-6-2-3-11(19)8-18-15(20)13-9-17-14-5-4-10(16)7-12(13)14/h4-5,7,9,11,17H,2-3,6,8,16H2,1H3,(H,18,20). The number of rotatable bonds is 3. The number of H-pyrrole nitrogens is 1. The summed E-state index contributed by atoms with van der Waals surface area (Å²) in [5.41, 5.74) is 8.05. The van der Waals surface area contributed by atoms with Crippen molar-refractivity contribution in [2.75, 3.05) is 25.9 Å². The molecule has 106 valence electrons. The number of nitrogens with zero attached hydrogens (tertiary/aromatic N) is 1. The van der Waals surface area contributed by atoms with Gasteiger partial charge in [0.05, 0.1) is 5.56 Å². The summed E-state index contributed by atoms with van der Waals surface area (Å²) in [5, 5.41) is 3.90. The number of anilines is 1. The fourth-order valence-corrected chi connectivity index (χ4v) is 2.87. The molecule has 0 bridgehead atoms. The van der Waals surface area contributed by atoms with Gasteiger partial charge in [0.25, 0.3) is 5.91 Å². The molecule has 1 saturated heterocycles. The summed E-state index contributed by atoms with van der Waals surface area (Å²) in [4.78, 5) is 17.7. The highest BCUT2D eigenvalue weighted by Gasteiger charge is 2.21. The average Bonchev–Trinajstić information content (AvgIpc) is 3.02. The van der Waals surface area contributed by atoms with Gasteiger partial charge < -0.3 is 20.9 Å². The molecule has 3 rings (SSSR count). The van der Waals surface area contributed by atoms with Crippen molar-refractivity contribution in [1.82, 2.24) is 15.2 Å². The van der Waals surface area contributed by atoms with Crippen LogP contribution in [0.4, 0.5) is 5.69 Å². The topological polar surface area (TPSA) is 74.2 Å². The summed E-state index contributed by atoms with van der Waals surface area (Å²) in [6.07, 6.45) is 4.11. The molecule has 0 aliphatic carbocycles. The molecule has 1 aromatic heterocycles. The fourth-order valence-electron chi connectivity index (χ4n) is 2.87. The lowest BCUT2D eigenvalue weighted by Crippen LogP contribution is -2.38. The van der Waals surface area contributed by atoms with Crippen LogP contribution >= 0.6 is 0 Å². The molecule has 5 heteroatoms. The van der Waals surface area contributed by atoms with Gasteiger partial charge in [-0.05, 0) is 44.6 Å². The number of carbonyl (C=O) groups is 1. The summed E-state index contributed by atoms with van der Waals surface area (Å²) in [7, 11) is 2.11. The van der Waals surface area contributed by atoms with E-state index in [2.05, 4.69) is 22.2 Å². The summed E-state index contributed by atoms with van der Waals surface area (Å²) in [5.74, 6) is -0.0397. The molecule has 2 heterocycles. The molecule has 1 aliphatic rings. The lowest BCUT2D eigenvalue weighted by atomic mass is 10.1. The smallest absolute Gasteiger partial charge is 0.253 e. The number of carbonyl (C=O) groups excluding carboxylic acids is 1. The van der Waals surface area contributed by atoms with E-state index in [1.165, 1.54) is 6.42 Å². The van der Waals surface area contributed by atoms with Crippen LogP contribution in [0, 0.1) is 0 Å². The number of benzene rings is 1. The number of amides is 1. The second-order valence-electron chi connectivity index (χ2n) is 5.49. The van der Waals surface area contributed by atoms with Crippen LogP contribution in [0.5, 0.6) is 0 Å². The normalized spacial score (nSPS) is 19.6. The molecule has 1 unspecified atom stereocenters. The van der Waals surface area contributed by atoms with E-state index in [9.17, 15) is 4.79 Å². The predicted octanol–water partition coefficient (Wildman–Crippen LogP) is 1.57. The molecule has 1 amide bonds. The second-order valence-corrected chi connectivity index (χ2v) is 5.49. The zero-order chi connectivity index (χ0) is 14.1. The molecule has 0 saturated carbocycles. The molecule has 1 fully saturated rings. The van der Waals surface area contributed by atoms with Crippen LogP contribution in [0.2, 0.25) is 0 Å². The van der Waals surface area contributed by atoms with E-state index >= 15 is 0 Å². The number of nitrogen functional groups attached to an aromatic ring is 1. The Balaban J connectivity index is 1.74. The molecule has 2 aromatic rings. The third kappa shape index (κ3) is 2.36. The van der Waals surface area contributed by atoms with Gasteiger partial charge in [-0.3, -0.25) is 4.79 Å². The van der Waals surface area contributed by atoms with Gasteiger partial charge in [-0.25, -0.2) is 0 Å². The molecular formula is C15H20N4O. The van der Waals surface area contributed by atoms with Crippen molar-refractivity contribution >= 4 is 22.5 Å². The Morgan fingerprint density at radius 2 is 2.40 bits per heavy atom. The first kappa shape index (κ1) is 13.0. The van der Waals surface area contributed by atoms with E-state index in [0.29, 0.717) is 23.8 Å². The molecule has 1 aromatic carbocycles. The first-order valence-corrected chi connectivity index (χ1v) is 7.00. The molecule has 20 heavy (non-hydrogen) atoms. The van der Waals surface area contributed by atoms with E-state index in [1.807, 2.05) is 18.2 Å². The van der Waals surface area contributed by atoms with Gasteiger partial charge in [0.15, 0.2) is 0 Å². The van der Waals surface area contributed by atoms with Gasteiger partial charge in [-0.2, -0.15) is 0 Å². The van der Waals surface area contributed by atoms with Crippen LogP contribution in [0.25, 0.3) is 10.9 Å². The van der Waals surface area contributed by atoms with Crippen LogP contribution in [-0.4, -0.2) is 42.0 Å². The van der Waals surface area contributed by atoms with Crippen LogP contribution < -0.4 is 11.1 Å². The Morgan fingerprint density at radius 1 is 1.55 bits per heavy atom. The maximum Gasteiger partial charge on any atom is 0.253 e. The minimum Gasteiger partial charge on any atom is -0.399 e. The number of fused-ring (bicyclic) bond motifs is 1. The van der Waals surface area contributed by atoms with E-state index in [1.54, 1.807) is 6.20 Å². The number of likely N-dealkylation sites (tertiary alicyclic amines) is 1. The number of likely N-dealkylation sites (N-methyl/N-ethyl adjacent to an activating group) is 1. The van der Waals surface area contributed by atoms with Gasteiger partial charge in [0.2, 0.25) is 0 Å². The molecule has 1 aliphatic heterocycles. The first-order chi connectivity index (χ1) is 9.65. The van der Waals surface area contributed by atoms with Crippen molar-refractivity contribution in [2.45, 2.75) is 18.9 Å². The quantitative estimate of drug-likeness (QED) is 0.743. The number of hydrogen-bond acceptors (Lipinski definition) is 3. The number of hydrogen-bond donors (Lipinski definition) is 3. The van der Waals surface area contributed by atoms with E-state index in [4.69, 9.17) is 5.73 Å². The third-order valence-corrected chi connectivity index (χ3v) is 4.12. The maximum absolute atomic E-state index is 12.3. The van der Waals surface area contributed by atoms with Gasteiger partial charge in [-0.1, -0.05) is 0 Å². The Kier molecular flexibility index (Phi) is 3.36. The number of aromatic nitrogens is 1. The van der Waals surface area contributed by atoms with Crippen molar-refractivity contribution in [2.24, 2.45) is 0 Å². The molecule has 0 radical (unpaired) electrons. The number of aromatic amines is 1. The lowest BCUT2D eigenvalue weighted by molar-refractivity contribution is 0.0945. The Hall–Kier alpha value is -2.01. The summed E-state index contributed by atoms with van der Waals surface area (Å²) in [6, 6.07) is 6.01. The Bertz CT molecular complexity index is 634. The minimum absolute atomic E-state index is 0.0397. The summed E-state index contributed by atoms with van der Waals surface area (Å²) < 4.78 is 0. The molecule has 5 nitrogen and oxygen atoms in total. The van der Waals surface area contributed by atoms with Crippen molar-refractivity contribution in [3.8, 4) is 0 Å². The van der Waals surface area contributed by atoms with Crippen LogP contribution in [0.15, 0.2) is 24.4 Å². The van der Waals surface area contributed by atoms with E-state index < -0.39 is 0 Å². The Labute approximate surface area is 118 Å². The minimum atomic E-state index is -0.0397. The highest BCUT2D eigenvalue weighted by molar-refractivity contribution is 6.07. The number of nitrogens with two attached hydrogens (primary N) is 1. The second kappa shape index (κ2) is 5.17. The highest BCUT2D eigenvalue weighted by Crippen LogP contribution is 2.21. The average molecular weight is 272 g/mol. The maximum atomic E-state index is 12.3. The zero-order valence-electron chi connectivity index (χ0n) is 11.6. The van der Waals surface area contributed by atoms with Crippen LogP contribution in [0.1, 0.15) is 23.2 Å². The van der Waals surface area contributed by atoms with Crippen molar-refractivity contribution in [3.63, 3.8) is 0 Å². The summed E-state index contributed by atoms with van der Waals surface area (Å²) >= 11 is 0. The van der Waals surface area contributed by atoms with Gasteiger partial charge >= 0.3 is 0 Å². The van der Waals surface area contributed by atoms with Crippen molar-refractivity contribution in [1.29, 1.82) is 0 Å². The largest absolute Gasteiger partial charge is 0.399 e. The molecular weight excluding hydrogens is 252 g/mol.